The number of carboxylic acid groups (broad SMARTS) is 1. The van der Waals surface area contributed by atoms with Gasteiger partial charge in [0.05, 0.1) is 11.8 Å². The van der Waals surface area contributed by atoms with Crippen molar-refractivity contribution in [1.29, 1.82) is 0 Å². The third kappa shape index (κ3) is 2.52. The number of amides is 1. The monoisotopic (exact) mass is 337 g/mol. The topological polar surface area (TPSA) is 67.2 Å². The first-order chi connectivity index (χ1) is 9.65. The Hall–Kier alpha value is -1.56. The van der Waals surface area contributed by atoms with E-state index in [0.717, 1.165) is 41.2 Å². The minimum Gasteiger partial charge on any atom is -0.465 e. The van der Waals surface area contributed by atoms with Crippen LogP contribution in [0.3, 0.4) is 0 Å². The average molecular weight is 338 g/mol. The molecule has 2 atom stereocenters. The molecule has 1 unspecified atom stereocenters. The minimum absolute atomic E-state index is 0.0378. The summed E-state index contributed by atoms with van der Waals surface area (Å²) in [6.07, 6.45) is 4.76. The molecule has 5 nitrogen and oxygen atoms in total. The number of rotatable bonds is 2. The Kier molecular flexibility index (Phi) is 3.65. The summed E-state index contributed by atoms with van der Waals surface area (Å²) in [5.41, 5.74) is 2.06. The maximum atomic E-state index is 10.8. The van der Waals surface area contributed by atoms with Crippen molar-refractivity contribution in [3.05, 3.63) is 29.0 Å². The van der Waals surface area contributed by atoms with Gasteiger partial charge in [0.1, 0.15) is 5.52 Å². The van der Waals surface area contributed by atoms with E-state index in [-0.39, 0.29) is 6.04 Å². The molecule has 106 valence electrons. The Labute approximate surface area is 125 Å². The maximum Gasteiger partial charge on any atom is 0.404 e. The summed E-state index contributed by atoms with van der Waals surface area (Å²) in [7, 11) is 0. The van der Waals surface area contributed by atoms with Crippen LogP contribution in [-0.4, -0.2) is 26.8 Å². The molecule has 0 radical (unpaired) electrons. The first-order valence-corrected chi connectivity index (χ1v) is 7.55. The highest BCUT2D eigenvalue weighted by molar-refractivity contribution is 9.10. The molecule has 20 heavy (non-hydrogen) atoms. The van der Waals surface area contributed by atoms with Crippen molar-refractivity contribution in [2.45, 2.75) is 37.8 Å². The second-order valence-corrected chi connectivity index (χ2v) is 6.08. The number of hydrogen-bond donors (Lipinski definition) is 2. The summed E-state index contributed by atoms with van der Waals surface area (Å²) < 4.78 is 3.17. The lowest BCUT2D eigenvalue weighted by molar-refractivity contribution is 0.182. The number of benzene rings is 1. The molecule has 1 aromatic heterocycles. The van der Waals surface area contributed by atoms with E-state index in [4.69, 9.17) is 5.11 Å². The van der Waals surface area contributed by atoms with Crippen LogP contribution in [0.25, 0.3) is 11.0 Å². The van der Waals surface area contributed by atoms with Gasteiger partial charge >= 0.3 is 6.09 Å². The van der Waals surface area contributed by atoms with Crippen LogP contribution in [-0.2, 0) is 0 Å². The first kappa shape index (κ1) is 13.4. The van der Waals surface area contributed by atoms with Crippen LogP contribution in [0.15, 0.2) is 29.0 Å². The molecular formula is C14H16BrN3O2. The molecule has 2 aromatic rings. The normalized spacial score (nSPS) is 22.9. The van der Waals surface area contributed by atoms with E-state index in [1.807, 2.05) is 18.5 Å². The Morgan fingerprint density at radius 1 is 1.45 bits per heavy atom. The molecule has 2 N–H and O–H groups in total. The van der Waals surface area contributed by atoms with E-state index in [1.165, 1.54) is 0 Å². The van der Waals surface area contributed by atoms with Gasteiger partial charge in [-0.25, -0.2) is 9.78 Å². The number of nitrogens with one attached hydrogen (secondary N) is 1. The second kappa shape index (κ2) is 5.44. The van der Waals surface area contributed by atoms with E-state index in [2.05, 4.69) is 36.9 Å². The molecule has 0 bridgehead atoms. The number of carbonyl (C=O) groups is 1. The van der Waals surface area contributed by atoms with Gasteiger partial charge < -0.3 is 15.0 Å². The number of para-hydroxylation sites is 1. The summed E-state index contributed by atoms with van der Waals surface area (Å²) in [6.45, 7) is 0. The van der Waals surface area contributed by atoms with Crippen LogP contribution >= 0.6 is 15.9 Å². The molecule has 1 heterocycles. The summed E-state index contributed by atoms with van der Waals surface area (Å²) >= 11 is 3.51. The van der Waals surface area contributed by atoms with Gasteiger partial charge in [0.25, 0.3) is 0 Å². The van der Waals surface area contributed by atoms with Crippen LogP contribution in [0.2, 0.25) is 0 Å². The molecule has 1 aromatic carbocycles. The molecule has 0 spiro atoms. The summed E-state index contributed by atoms with van der Waals surface area (Å²) in [4.78, 5) is 15.2. The van der Waals surface area contributed by atoms with Crippen molar-refractivity contribution >= 4 is 33.1 Å². The zero-order valence-electron chi connectivity index (χ0n) is 10.9. The molecule has 1 aliphatic rings. The van der Waals surface area contributed by atoms with Gasteiger partial charge in [-0.05, 0) is 53.7 Å². The first-order valence-electron chi connectivity index (χ1n) is 6.75. The van der Waals surface area contributed by atoms with Crippen molar-refractivity contribution in [2.24, 2.45) is 0 Å². The molecule has 0 saturated heterocycles. The van der Waals surface area contributed by atoms with Gasteiger partial charge in [-0.15, -0.1) is 0 Å². The standard InChI is InChI=1S/C14H16BrN3O2/c15-11-5-2-6-12-13(11)16-8-18(12)10-4-1-3-9(7-10)17-14(19)20/h2,5-6,8-10,17H,1,3-4,7H2,(H,19,20)/t9-,10?/m0/s1. The van der Waals surface area contributed by atoms with E-state index in [1.54, 1.807) is 0 Å². The molecule has 1 amide bonds. The number of imidazole rings is 1. The predicted octanol–water partition coefficient (Wildman–Crippen LogP) is 3.55. The van der Waals surface area contributed by atoms with E-state index in [0.29, 0.717) is 6.04 Å². The Bertz CT molecular complexity index is 640. The highest BCUT2D eigenvalue weighted by atomic mass is 79.9. The van der Waals surface area contributed by atoms with Crippen molar-refractivity contribution < 1.29 is 9.90 Å². The highest BCUT2D eigenvalue weighted by Gasteiger charge is 2.25. The maximum absolute atomic E-state index is 10.8. The van der Waals surface area contributed by atoms with Crippen LogP contribution in [0.4, 0.5) is 4.79 Å². The lowest BCUT2D eigenvalue weighted by atomic mass is 9.91. The zero-order valence-corrected chi connectivity index (χ0v) is 12.5. The fraction of sp³-hybridized carbons (Fsp3) is 0.429. The molecule has 6 heteroatoms. The Balaban J connectivity index is 1.87. The third-order valence-electron chi connectivity index (χ3n) is 3.92. The Morgan fingerprint density at radius 3 is 3.10 bits per heavy atom. The summed E-state index contributed by atoms with van der Waals surface area (Å²) in [6, 6.07) is 6.38. The van der Waals surface area contributed by atoms with Crippen LogP contribution < -0.4 is 5.32 Å². The highest BCUT2D eigenvalue weighted by Crippen LogP contribution is 2.32. The van der Waals surface area contributed by atoms with Crippen molar-refractivity contribution in [1.82, 2.24) is 14.9 Å². The number of halogens is 1. The molecule has 1 aliphatic carbocycles. The second-order valence-electron chi connectivity index (χ2n) is 5.23. The van der Waals surface area contributed by atoms with E-state index in [9.17, 15) is 4.79 Å². The number of nitrogens with zero attached hydrogens (tertiary/aromatic N) is 2. The van der Waals surface area contributed by atoms with Crippen molar-refractivity contribution in [3.63, 3.8) is 0 Å². The lowest BCUT2D eigenvalue weighted by Crippen LogP contribution is -2.37. The van der Waals surface area contributed by atoms with Crippen LogP contribution in [0, 0.1) is 0 Å². The van der Waals surface area contributed by atoms with Crippen molar-refractivity contribution in [3.8, 4) is 0 Å². The number of fused-ring (bicyclic) bond motifs is 1. The average Bonchev–Trinajstić information content (AvgIpc) is 2.83. The fourth-order valence-electron chi connectivity index (χ4n) is 3.04. The van der Waals surface area contributed by atoms with Gasteiger partial charge in [0.2, 0.25) is 0 Å². The summed E-state index contributed by atoms with van der Waals surface area (Å²) in [5.74, 6) is 0. The largest absolute Gasteiger partial charge is 0.465 e. The summed E-state index contributed by atoms with van der Waals surface area (Å²) in [5, 5.41) is 11.5. The smallest absolute Gasteiger partial charge is 0.404 e. The quantitative estimate of drug-likeness (QED) is 0.880. The van der Waals surface area contributed by atoms with E-state index >= 15 is 0 Å². The van der Waals surface area contributed by atoms with Gasteiger partial charge in [-0.2, -0.15) is 0 Å². The minimum atomic E-state index is -0.936. The van der Waals surface area contributed by atoms with E-state index < -0.39 is 6.09 Å². The molecule has 1 saturated carbocycles. The van der Waals surface area contributed by atoms with Gasteiger partial charge in [0.15, 0.2) is 0 Å². The predicted molar refractivity (Wildman–Crippen MR) is 79.9 cm³/mol. The molecular weight excluding hydrogens is 322 g/mol. The van der Waals surface area contributed by atoms with Crippen LogP contribution in [0.5, 0.6) is 0 Å². The fourth-order valence-corrected chi connectivity index (χ4v) is 3.49. The third-order valence-corrected chi connectivity index (χ3v) is 4.56. The van der Waals surface area contributed by atoms with Gasteiger partial charge in [-0.1, -0.05) is 6.07 Å². The number of hydrogen-bond acceptors (Lipinski definition) is 2. The Morgan fingerprint density at radius 2 is 2.30 bits per heavy atom. The van der Waals surface area contributed by atoms with Gasteiger partial charge in [0, 0.05) is 16.6 Å². The zero-order chi connectivity index (χ0) is 14.1. The molecule has 1 fully saturated rings. The molecule has 3 rings (SSSR count). The van der Waals surface area contributed by atoms with Crippen molar-refractivity contribution in [2.75, 3.05) is 0 Å². The lowest BCUT2D eigenvalue weighted by Gasteiger charge is -2.30. The van der Waals surface area contributed by atoms with Crippen LogP contribution in [0.1, 0.15) is 31.7 Å². The molecule has 0 aliphatic heterocycles. The SMILES string of the molecule is O=C(O)N[C@H]1CCCC(n2cnc3c(Br)cccc32)C1. The van der Waals surface area contributed by atoms with Gasteiger partial charge in [-0.3, -0.25) is 0 Å². The number of aromatic nitrogens is 2.